The number of amides is 2. The van der Waals surface area contributed by atoms with Crippen LogP contribution in [0.3, 0.4) is 0 Å². The van der Waals surface area contributed by atoms with Gasteiger partial charge in [-0.05, 0) is 30.4 Å². The van der Waals surface area contributed by atoms with Crippen molar-refractivity contribution in [2.45, 2.75) is 26.2 Å². The van der Waals surface area contributed by atoms with Gasteiger partial charge in [0.25, 0.3) is 0 Å². The molecule has 1 aromatic rings. The minimum Gasteiger partial charge on any atom is -0.341 e. The van der Waals surface area contributed by atoms with Crippen molar-refractivity contribution >= 4 is 28.3 Å². The summed E-state index contributed by atoms with van der Waals surface area (Å²) in [5.41, 5.74) is 2.02. The van der Waals surface area contributed by atoms with Crippen LogP contribution >= 0.6 is 0 Å². The fourth-order valence-corrected chi connectivity index (χ4v) is 4.79. The van der Waals surface area contributed by atoms with Crippen LogP contribution in [0.5, 0.6) is 0 Å². The van der Waals surface area contributed by atoms with E-state index in [9.17, 15) is 13.8 Å². The Morgan fingerprint density at radius 3 is 3.00 bits per heavy atom. The fourth-order valence-electron chi connectivity index (χ4n) is 3.46. The Morgan fingerprint density at radius 1 is 1.38 bits per heavy atom. The van der Waals surface area contributed by atoms with E-state index in [1.807, 2.05) is 36.1 Å². The summed E-state index contributed by atoms with van der Waals surface area (Å²) in [6.07, 6.45) is 1.63. The van der Waals surface area contributed by atoms with Crippen molar-refractivity contribution < 1.29 is 13.8 Å². The van der Waals surface area contributed by atoms with Gasteiger partial charge in [-0.2, -0.15) is 0 Å². The van der Waals surface area contributed by atoms with Crippen molar-refractivity contribution in [3.8, 4) is 0 Å². The van der Waals surface area contributed by atoms with Gasteiger partial charge >= 0.3 is 0 Å². The van der Waals surface area contributed by atoms with E-state index in [0.29, 0.717) is 43.9 Å². The molecule has 3 unspecified atom stereocenters. The van der Waals surface area contributed by atoms with Crippen molar-refractivity contribution in [1.82, 2.24) is 4.90 Å². The van der Waals surface area contributed by atoms with Crippen molar-refractivity contribution in [1.29, 1.82) is 0 Å². The zero-order valence-electron chi connectivity index (χ0n) is 14.0. The summed E-state index contributed by atoms with van der Waals surface area (Å²) in [4.78, 5) is 26.5. The standard InChI is InChI=1S/C18H24N2O3S/c1-13-11-20(8-9-24(23)12-13)17(21)7-6-15-10-14-4-2-3-5-16(14)19-18(15)22/h2-5,13,15H,6-12H2,1H3,(H,19,22). The SMILES string of the molecule is CC1CN(C(=O)CCC2Cc3ccccc3NC2=O)CCS(=O)C1. The summed E-state index contributed by atoms with van der Waals surface area (Å²) in [5.74, 6) is 1.43. The second-order valence-electron chi connectivity index (χ2n) is 6.84. The monoisotopic (exact) mass is 348 g/mol. The highest BCUT2D eigenvalue weighted by molar-refractivity contribution is 7.85. The van der Waals surface area contributed by atoms with E-state index in [1.54, 1.807) is 0 Å². The molecule has 0 radical (unpaired) electrons. The summed E-state index contributed by atoms with van der Waals surface area (Å²) >= 11 is 0. The average Bonchev–Trinajstić information content (AvgIpc) is 2.73. The van der Waals surface area contributed by atoms with Gasteiger partial charge in [-0.3, -0.25) is 13.8 Å². The molecular weight excluding hydrogens is 324 g/mol. The van der Waals surface area contributed by atoms with Gasteiger partial charge in [0.05, 0.1) is 0 Å². The second kappa shape index (κ2) is 7.47. The van der Waals surface area contributed by atoms with Gasteiger partial charge in [-0.15, -0.1) is 0 Å². The fraction of sp³-hybridized carbons (Fsp3) is 0.556. The third-order valence-corrected chi connectivity index (χ3v) is 6.34. The first kappa shape index (κ1) is 17.1. The molecule has 2 amide bonds. The van der Waals surface area contributed by atoms with Crippen LogP contribution in [0.2, 0.25) is 0 Å². The maximum Gasteiger partial charge on any atom is 0.227 e. The molecule has 1 fully saturated rings. The Balaban J connectivity index is 1.56. The lowest BCUT2D eigenvalue weighted by molar-refractivity contribution is -0.132. The molecular formula is C18H24N2O3S. The van der Waals surface area contributed by atoms with Crippen molar-refractivity contribution in [3.63, 3.8) is 0 Å². The van der Waals surface area contributed by atoms with Crippen molar-refractivity contribution in [3.05, 3.63) is 29.8 Å². The molecule has 3 rings (SSSR count). The zero-order valence-corrected chi connectivity index (χ0v) is 14.8. The van der Waals surface area contributed by atoms with Crippen LogP contribution in [0.25, 0.3) is 0 Å². The number of hydrogen-bond acceptors (Lipinski definition) is 3. The normalized spacial score (nSPS) is 27.1. The number of hydrogen-bond donors (Lipinski definition) is 1. The van der Waals surface area contributed by atoms with Gasteiger partial charge in [0.15, 0.2) is 0 Å². The summed E-state index contributed by atoms with van der Waals surface area (Å²) in [6.45, 7) is 3.27. The molecule has 2 heterocycles. The first-order valence-corrected chi connectivity index (χ1v) is 10.0. The highest BCUT2D eigenvalue weighted by atomic mass is 32.2. The van der Waals surface area contributed by atoms with Crippen LogP contribution in [-0.4, -0.2) is 45.5 Å². The number of benzene rings is 1. The minimum absolute atomic E-state index is 0.00633. The number of nitrogens with one attached hydrogen (secondary N) is 1. The molecule has 6 heteroatoms. The molecule has 1 N–H and O–H groups in total. The Morgan fingerprint density at radius 2 is 2.17 bits per heavy atom. The zero-order chi connectivity index (χ0) is 17.1. The number of para-hydroxylation sites is 1. The van der Waals surface area contributed by atoms with Gasteiger partial charge in [-0.25, -0.2) is 0 Å². The molecule has 0 spiro atoms. The highest BCUT2D eigenvalue weighted by Gasteiger charge is 2.28. The van der Waals surface area contributed by atoms with Crippen LogP contribution in [-0.2, 0) is 26.8 Å². The maximum atomic E-state index is 12.5. The van der Waals surface area contributed by atoms with Gasteiger partial charge in [0.2, 0.25) is 11.8 Å². The molecule has 3 atom stereocenters. The number of anilines is 1. The summed E-state index contributed by atoms with van der Waals surface area (Å²) in [7, 11) is -0.822. The van der Waals surface area contributed by atoms with Crippen LogP contribution in [0.15, 0.2) is 24.3 Å². The highest BCUT2D eigenvalue weighted by Crippen LogP contribution is 2.27. The van der Waals surface area contributed by atoms with Gasteiger partial charge in [-0.1, -0.05) is 25.1 Å². The molecule has 5 nitrogen and oxygen atoms in total. The van der Waals surface area contributed by atoms with Gasteiger partial charge in [0, 0.05) is 53.4 Å². The smallest absolute Gasteiger partial charge is 0.227 e. The number of fused-ring (bicyclic) bond motifs is 1. The Hall–Kier alpha value is -1.69. The van der Waals surface area contributed by atoms with Crippen LogP contribution < -0.4 is 5.32 Å². The van der Waals surface area contributed by atoms with Crippen molar-refractivity contribution in [2.75, 3.05) is 29.9 Å². The molecule has 1 saturated heterocycles. The largest absolute Gasteiger partial charge is 0.341 e. The summed E-state index contributed by atoms with van der Waals surface area (Å²) in [6, 6.07) is 7.81. The van der Waals surface area contributed by atoms with Crippen LogP contribution in [0, 0.1) is 11.8 Å². The quantitative estimate of drug-likeness (QED) is 0.906. The molecule has 0 bridgehead atoms. The maximum absolute atomic E-state index is 12.5. The summed E-state index contributed by atoms with van der Waals surface area (Å²) < 4.78 is 11.7. The van der Waals surface area contributed by atoms with E-state index in [-0.39, 0.29) is 23.7 Å². The van der Waals surface area contributed by atoms with Crippen LogP contribution in [0.1, 0.15) is 25.3 Å². The first-order chi connectivity index (χ1) is 11.5. The van der Waals surface area contributed by atoms with Gasteiger partial charge < -0.3 is 10.2 Å². The summed E-state index contributed by atoms with van der Waals surface area (Å²) in [5, 5.41) is 2.93. The minimum atomic E-state index is -0.822. The van der Waals surface area contributed by atoms with Crippen molar-refractivity contribution in [2.24, 2.45) is 11.8 Å². The van der Waals surface area contributed by atoms with E-state index < -0.39 is 10.8 Å². The lowest BCUT2D eigenvalue weighted by Crippen LogP contribution is -2.36. The number of carbonyl (C=O) groups excluding carboxylic acids is 2. The molecule has 1 aromatic carbocycles. The third kappa shape index (κ3) is 4.04. The first-order valence-electron chi connectivity index (χ1n) is 8.54. The van der Waals surface area contributed by atoms with E-state index in [2.05, 4.69) is 5.32 Å². The van der Waals surface area contributed by atoms with E-state index in [1.165, 1.54) is 0 Å². The second-order valence-corrected chi connectivity index (χ2v) is 8.46. The molecule has 0 saturated carbocycles. The van der Waals surface area contributed by atoms with Gasteiger partial charge in [0.1, 0.15) is 0 Å². The van der Waals surface area contributed by atoms with E-state index in [0.717, 1.165) is 11.3 Å². The third-order valence-electron chi connectivity index (χ3n) is 4.76. The van der Waals surface area contributed by atoms with E-state index >= 15 is 0 Å². The Kier molecular flexibility index (Phi) is 5.33. The number of carbonyl (C=O) groups is 2. The lowest BCUT2D eigenvalue weighted by Gasteiger charge is -2.26. The van der Waals surface area contributed by atoms with Crippen LogP contribution in [0.4, 0.5) is 5.69 Å². The molecule has 0 aromatic heterocycles. The Bertz CT molecular complexity index is 661. The average molecular weight is 348 g/mol. The lowest BCUT2D eigenvalue weighted by atomic mass is 9.89. The number of rotatable bonds is 3. The Labute approximate surface area is 145 Å². The molecule has 24 heavy (non-hydrogen) atoms. The molecule has 2 aliphatic heterocycles. The predicted molar refractivity (Wildman–Crippen MR) is 95.1 cm³/mol. The molecule has 0 aliphatic carbocycles. The molecule has 130 valence electrons. The van der Waals surface area contributed by atoms with E-state index in [4.69, 9.17) is 0 Å². The number of nitrogens with zero attached hydrogens (tertiary/aromatic N) is 1. The topological polar surface area (TPSA) is 66.5 Å². The molecule has 2 aliphatic rings. The predicted octanol–water partition coefficient (Wildman–Crippen LogP) is 1.80.